The van der Waals surface area contributed by atoms with E-state index in [1.165, 1.54) is 18.4 Å². The normalized spacial score (nSPS) is 12.1. The molecule has 2 N–H and O–H groups in total. The number of hydrogen-bond acceptors (Lipinski definition) is 5. The third-order valence-corrected chi connectivity index (χ3v) is 4.92. The number of carbonyl (C=O) groups excluding carboxylic acids is 2. The van der Waals surface area contributed by atoms with Crippen LogP contribution < -0.4 is 16.2 Å². The van der Waals surface area contributed by atoms with E-state index in [9.17, 15) is 14.4 Å². The van der Waals surface area contributed by atoms with Gasteiger partial charge in [0.05, 0.1) is 5.69 Å². The molecule has 0 spiro atoms. The van der Waals surface area contributed by atoms with Crippen LogP contribution in [0, 0.1) is 6.92 Å². The van der Waals surface area contributed by atoms with Crippen molar-refractivity contribution >= 4 is 28.8 Å². The summed E-state index contributed by atoms with van der Waals surface area (Å²) in [6.45, 7) is 4.33. The molecule has 2 aromatic rings. The maximum atomic E-state index is 12.9. The Bertz CT molecular complexity index is 870. The van der Waals surface area contributed by atoms with E-state index < -0.39 is 5.91 Å². The number of carbonyl (C=O) groups is 2. The van der Waals surface area contributed by atoms with Gasteiger partial charge in [0.15, 0.2) is 0 Å². The molecule has 0 fully saturated rings. The first-order valence-corrected chi connectivity index (χ1v) is 9.11. The highest BCUT2D eigenvalue weighted by atomic mass is 32.1. The van der Waals surface area contributed by atoms with E-state index in [0.717, 1.165) is 0 Å². The van der Waals surface area contributed by atoms with Crippen LogP contribution in [0.3, 0.4) is 0 Å². The number of anilines is 1. The molecule has 0 aromatic carbocycles. The average Bonchev–Trinajstić information content (AvgIpc) is 3.01. The van der Waals surface area contributed by atoms with Crippen LogP contribution in [0.1, 0.15) is 38.6 Å². The van der Waals surface area contributed by atoms with Crippen molar-refractivity contribution < 1.29 is 9.59 Å². The highest BCUT2D eigenvalue weighted by Crippen LogP contribution is 2.23. The van der Waals surface area contributed by atoms with E-state index in [-0.39, 0.29) is 23.1 Å². The molecule has 0 aliphatic rings. The lowest BCUT2D eigenvalue weighted by Gasteiger charge is -2.20. The topological polar surface area (TPSA) is 83.4 Å². The minimum absolute atomic E-state index is 0.0766. The Hall–Kier alpha value is -2.45. The number of amides is 2. The number of rotatable bonds is 6. The number of aryl methyl sites for hydroxylation is 1. The van der Waals surface area contributed by atoms with Gasteiger partial charge in [-0.25, -0.2) is 0 Å². The smallest absolute Gasteiger partial charge is 0.263 e. The summed E-state index contributed by atoms with van der Waals surface area (Å²) in [5.74, 6) is -0.792. The fourth-order valence-electron chi connectivity index (χ4n) is 2.76. The monoisotopic (exact) mass is 376 g/mol. The number of aromatic nitrogens is 1. The largest absolute Gasteiger partial charge is 0.354 e. The Morgan fingerprint density at radius 2 is 1.96 bits per heavy atom. The molecule has 1 atom stereocenters. The van der Waals surface area contributed by atoms with Crippen LogP contribution in [0.2, 0.25) is 0 Å². The van der Waals surface area contributed by atoms with Gasteiger partial charge in [-0.05, 0) is 51.0 Å². The van der Waals surface area contributed by atoms with Crippen molar-refractivity contribution in [2.24, 2.45) is 0 Å². The van der Waals surface area contributed by atoms with Crippen molar-refractivity contribution in [1.82, 2.24) is 14.8 Å². The van der Waals surface area contributed by atoms with E-state index in [1.807, 2.05) is 25.9 Å². The molecule has 0 aliphatic heterocycles. The van der Waals surface area contributed by atoms with Crippen molar-refractivity contribution in [3.63, 3.8) is 0 Å². The number of likely N-dealkylation sites (N-methyl/N-ethyl adjacent to an activating group) is 1. The van der Waals surface area contributed by atoms with Gasteiger partial charge in [-0.3, -0.25) is 14.4 Å². The number of nitrogens with zero attached hydrogens (tertiary/aromatic N) is 2. The quantitative estimate of drug-likeness (QED) is 0.807. The molecule has 0 bridgehead atoms. The predicted octanol–water partition coefficient (Wildman–Crippen LogP) is 1.95. The van der Waals surface area contributed by atoms with E-state index in [4.69, 9.17) is 0 Å². The number of thiophene rings is 1. The zero-order valence-corrected chi connectivity index (χ0v) is 16.4. The van der Waals surface area contributed by atoms with Crippen LogP contribution in [0.4, 0.5) is 5.69 Å². The van der Waals surface area contributed by atoms with Crippen molar-refractivity contribution in [1.29, 1.82) is 0 Å². The Morgan fingerprint density at radius 1 is 1.27 bits per heavy atom. The zero-order chi connectivity index (χ0) is 19.4. The number of pyridine rings is 1. The molecule has 0 saturated heterocycles. The van der Waals surface area contributed by atoms with Crippen molar-refractivity contribution in [2.75, 3.05) is 33.0 Å². The zero-order valence-electron chi connectivity index (χ0n) is 15.6. The van der Waals surface area contributed by atoms with Gasteiger partial charge in [0, 0.05) is 25.8 Å². The lowest BCUT2D eigenvalue weighted by molar-refractivity contribution is 0.0968. The van der Waals surface area contributed by atoms with E-state index in [1.54, 1.807) is 35.2 Å². The molecule has 2 amide bonds. The van der Waals surface area contributed by atoms with Gasteiger partial charge in [0.25, 0.3) is 17.4 Å². The molecule has 1 unspecified atom stereocenters. The molecule has 7 nitrogen and oxygen atoms in total. The first-order chi connectivity index (χ1) is 12.3. The Morgan fingerprint density at radius 3 is 2.58 bits per heavy atom. The summed E-state index contributed by atoms with van der Waals surface area (Å²) in [7, 11) is 5.39. The molecule has 8 heteroatoms. The second-order valence-corrected chi connectivity index (χ2v) is 7.31. The highest BCUT2D eigenvalue weighted by molar-refractivity contribution is 7.12. The highest BCUT2D eigenvalue weighted by Gasteiger charge is 2.21. The standard InChI is InChI=1S/C18H24N4O3S/c1-11-6-8-22(12(2)10-21(4)5)18(25)14(11)16(23)20-13-7-9-26-15(13)17(24)19-3/h6-9,12H,10H2,1-5H3,(H,19,24)(H,20,23). The van der Waals surface area contributed by atoms with Gasteiger partial charge in [-0.1, -0.05) is 0 Å². The second-order valence-electron chi connectivity index (χ2n) is 6.39. The molecule has 0 saturated carbocycles. The summed E-state index contributed by atoms with van der Waals surface area (Å²) in [5.41, 5.74) is 0.744. The molecule has 2 heterocycles. The fourth-order valence-corrected chi connectivity index (χ4v) is 3.56. The predicted molar refractivity (Wildman–Crippen MR) is 104 cm³/mol. The summed E-state index contributed by atoms with van der Waals surface area (Å²) in [6, 6.07) is 3.33. The van der Waals surface area contributed by atoms with Crippen molar-refractivity contribution in [2.45, 2.75) is 19.9 Å². The first kappa shape index (κ1) is 19.9. The van der Waals surface area contributed by atoms with Crippen LogP contribution in [0.15, 0.2) is 28.5 Å². The van der Waals surface area contributed by atoms with Crippen LogP contribution >= 0.6 is 11.3 Å². The van der Waals surface area contributed by atoms with Crippen LogP contribution in [-0.4, -0.2) is 49.0 Å². The third kappa shape index (κ3) is 4.20. The minimum Gasteiger partial charge on any atom is -0.354 e. The van der Waals surface area contributed by atoms with Gasteiger partial charge in [0.1, 0.15) is 10.4 Å². The summed E-state index contributed by atoms with van der Waals surface area (Å²) >= 11 is 1.23. The Balaban J connectivity index is 2.36. The SMILES string of the molecule is CNC(=O)c1sccc1NC(=O)c1c(C)ccn(C(C)CN(C)C)c1=O. The summed E-state index contributed by atoms with van der Waals surface area (Å²) < 4.78 is 1.56. The molecule has 140 valence electrons. The number of hydrogen-bond donors (Lipinski definition) is 2. The van der Waals surface area contributed by atoms with Gasteiger partial charge in [0.2, 0.25) is 0 Å². The molecule has 2 aromatic heterocycles. The molecule has 0 aliphatic carbocycles. The van der Waals surface area contributed by atoms with Crippen molar-refractivity contribution in [3.05, 3.63) is 50.1 Å². The first-order valence-electron chi connectivity index (χ1n) is 8.23. The maximum absolute atomic E-state index is 12.9. The lowest BCUT2D eigenvalue weighted by atomic mass is 10.1. The van der Waals surface area contributed by atoms with Crippen LogP contribution in [-0.2, 0) is 0 Å². The van der Waals surface area contributed by atoms with Gasteiger partial charge >= 0.3 is 0 Å². The second kappa shape index (κ2) is 8.29. The van der Waals surface area contributed by atoms with Gasteiger partial charge in [-0.2, -0.15) is 0 Å². The van der Waals surface area contributed by atoms with E-state index in [2.05, 4.69) is 10.6 Å². The molecule has 2 rings (SSSR count). The average molecular weight is 376 g/mol. The van der Waals surface area contributed by atoms with E-state index in [0.29, 0.717) is 22.7 Å². The molecule has 0 radical (unpaired) electrons. The van der Waals surface area contributed by atoms with Crippen LogP contribution in [0.25, 0.3) is 0 Å². The summed E-state index contributed by atoms with van der Waals surface area (Å²) in [5, 5.41) is 6.95. The maximum Gasteiger partial charge on any atom is 0.263 e. The minimum atomic E-state index is -0.512. The molecular formula is C18H24N4O3S. The van der Waals surface area contributed by atoms with E-state index >= 15 is 0 Å². The van der Waals surface area contributed by atoms with Crippen molar-refractivity contribution in [3.8, 4) is 0 Å². The summed E-state index contributed by atoms with van der Waals surface area (Å²) in [4.78, 5) is 39.9. The number of nitrogens with one attached hydrogen (secondary N) is 2. The van der Waals surface area contributed by atoms with Gasteiger partial charge < -0.3 is 20.1 Å². The fraction of sp³-hybridized carbons (Fsp3) is 0.389. The van der Waals surface area contributed by atoms with Crippen LogP contribution in [0.5, 0.6) is 0 Å². The molecule has 26 heavy (non-hydrogen) atoms. The Kier molecular flexibility index (Phi) is 6.33. The Labute approximate surface area is 156 Å². The lowest BCUT2D eigenvalue weighted by Crippen LogP contribution is -2.35. The molecular weight excluding hydrogens is 352 g/mol. The summed E-state index contributed by atoms with van der Waals surface area (Å²) in [6.07, 6.45) is 1.71. The third-order valence-electron chi connectivity index (χ3n) is 4.01. The van der Waals surface area contributed by atoms with Gasteiger partial charge in [-0.15, -0.1) is 11.3 Å².